The third-order valence-electron chi connectivity index (χ3n) is 5.45. The molecule has 0 aliphatic carbocycles. The van der Waals surface area contributed by atoms with Crippen molar-refractivity contribution < 1.29 is 14.4 Å². The quantitative estimate of drug-likeness (QED) is 0.848. The molecule has 1 N–H and O–H groups in total. The summed E-state index contributed by atoms with van der Waals surface area (Å²) in [7, 11) is 0. The highest BCUT2D eigenvalue weighted by molar-refractivity contribution is 6.11. The number of hydrogen-bond donors (Lipinski definition) is 1. The number of benzene rings is 2. The second-order valence-corrected chi connectivity index (χ2v) is 6.87. The summed E-state index contributed by atoms with van der Waals surface area (Å²) in [5, 5.41) is 2.82. The monoisotopic (exact) mass is 363 g/mol. The van der Waals surface area contributed by atoms with Crippen LogP contribution in [0.4, 0.5) is 10.5 Å². The number of carbonyl (C=O) groups excluding carboxylic acids is 3. The third kappa shape index (κ3) is 2.68. The van der Waals surface area contributed by atoms with Gasteiger partial charge in [0.05, 0.1) is 0 Å². The molecule has 2 aromatic rings. The van der Waals surface area contributed by atoms with E-state index in [1.54, 1.807) is 4.90 Å². The van der Waals surface area contributed by atoms with E-state index in [9.17, 15) is 14.4 Å². The predicted octanol–water partition coefficient (Wildman–Crippen LogP) is 2.43. The number of nitrogens with one attached hydrogen (secondary N) is 1. The van der Waals surface area contributed by atoms with Crippen LogP contribution in [0.3, 0.4) is 0 Å². The van der Waals surface area contributed by atoms with E-state index in [1.165, 1.54) is 0 Å². The maximum Gasteiger partial charge on any atom is 0.325 e. The number of anilines is 1. The average molecular weight is 363 g/mol. The summed E-state index contributed by atoms with van der Waals surface area (Å²) in [6.07, 6.45) is 1.20. The smallest absolute Gasteiger partial charge is 0.319 e. The van der Waals surface area contributed by atoms with E-state index in [0.29, 0.717) is 13.0 Å². The minimum Gasteiger partial charge on any atom is -0.319 e. The number of urea groups is 1. The summed E-state index contributed by atoms with van der Waals surface area (Å²) in [4.78, 5) is 41.2. The zero-order valence-electron chi connectivity index (χ0n) is 15.1. The number of hydrogen-bond acceptors (Lipinski definition) is 3. The normalized spacial score (nSPS) is 21.4. The van der Waals surface area contributed by atoms with Crippen LogP contribution in [0.15, 0.2) is 54.6 Å². The van der Waals surface area contributed by atoms with Gasteiger partial charge in [0.25, 0.3) is 5.91 Å². The molecule has 1 fully saturated rings. The van der Waals surface area contributed by atoms with E-state index < -0.39 is 11.6 Å². The van der Waals surface area contributed by atoms with Crippen molar-refractivity contribution in [3.8, 4) is 0 Å². The Balaban J connectivity index is 1.58. The Morgan fingerprint density at radius 2 is 1.78 bits per heavy atom. The highest BCUT2D eigenvalue weighted by Crippen LogP contribution is 2.33. The molecule has 6 heteroatoms. The van der Waals surface area contributed by atoms with Gasteiger partial charge in [0.15, 0.2) is 0 Å². The molecular weight excluding hydrogens is 342 g/mol. The van der Waals surface area contributed by atoms with Crippen molar-refractivity contribution >= 4 is 23.5 Å². The van der Waals surface area contributed by atoms with Crippen LogP contribution in [0.1, 0.15) is 24.5 Å². The molecule has 1 saturated heterocycles. The molecule has 2 aliphatic rings. The van der Waals surface area contributed by atoms with E-state index in [2.05, 4.69) is 5.32 Å². The molecule has 4 amide bonds. The molecule has 6 nitrogen and oxygen atoms in total. The van der Waals surface area contributed by atoms with Gasteiger partial charge in [-0.1, -0.05) is 55.5 Å². The van der Waals surface area contributed by atoms with Gasteiger partial charge in [0, 0.05) is 12.2 Å². The van der Waals surface area contributed by atoms with Gasteiger partial charge in [-0.15, -0.1) is 0 Å². The highest BCUT2D eigenvalue weighted by Gasteiger charge is 2.51. The van der Waals surface area contributed by atoms with Crippen LogP contribution in [-0.4, -0.2) is 35.8 Å². The van der Waals surface area contributed by atoms with Crippen molar-refractivity contribution in [1.29, 1.82) is 0 Å². The zero-order valence-corrected chi connectivity index (χ0v) is 15.1. The molecule has 4 rings (SSSR count). The molecule has 0 spiro atoms. The van der Waals surface area contributed by atoms with E-state index in [0.717, 1.165) is 28.1 Å². The average Bonchev–Trinajstić information content (AvgIpc) is 3.23. The van der Waals surface area contributed by atoms with Gasteiger partial charge in [-0.2, -0.15) is 0 Å². The fourth-order valence-electron chi connectivity index (χ4n) is 3.95. The van der Waals surface area contributed by atoms with Gasteiger partial charge in [0.2, 0.25) is 5.91 Å². The van der Waals surface area contributed by atoms with Gasteiger partial charge >= 0.3 is 6.03 Å². The van der Waals surface area contributed by atoms with Crippen molar-refractivity contribution in [2.75, 3.05) is 18.0 Å². The summed E-state index contributed by atoms with van der Waals surface area (Å²) < 4.78 is 0. The Kier molecular flexibility index (Phi) is 4.18. The Morgan fingerprint density at radius 1 is 1.07 bits per heavy atom. The number of fused-ring (bicyclic) bond motifs is 1. The topological polar surface area (TPSA) is 69.7 Å². The fourth-order valence-corrected chi connectivity index (χ4v) is 3.95. The van der Waals surface area contributed by atoms with Crippen LogP contribution in [0.5, 0.6) is 0 Å². The van der Waals surface area contributed by atoms with Crippen LogP contribution in [0, 0.1) is 0 Å². The van der Waals surface area contributed by atoms with E-state index >= 15 is 0 Å². The molecule has 27 heavy (non-hydrogen) atoms. The lowest BCUT2D eigenvalue weighted by Gasteiger charge is -2.26. The molecular formula is C21H21N3O3. The molecule has 0 aromatic heterocycles. The fraction of sp³-hybridized carbons (Fsp3) is 0.286. The highest BCUT2D eigenvalue weighted by atomic mass is 16.2. The Hall–Kier alpha value is -3.15. The van der Waals surface area contributed by atoms with Gasteiger partial charge in [-0.25, -0.2) is 4.79 Å². The number of carbonyl (C=O) groups is 3. The minimum absolute atomic E-state index is 0.247. The van der Waals surface area contributed by atoms with Gasteiger partial charge in [-0.05, 0) is 30.0 Å². The van der Waals surface area contributed by atoms with E-state index in [-0.39, 0.29) is 18.4 Å². The van der Waals surface area contributed by atoms with Crippen LogP contribution < -0.4 is 10.2 Å². The molecule has 138 valence electrons. The Bertz CT molecular complexity index is 912. The predicted molar refractivity (Wildman–Crippen MR) is 101 cm³/mol. The summed E-state index contributed by atoms with van der Waals surface area (Å²) in [5.74, 6) is -0.620. The van der Waals surface area contributed by atoms with Gasteiger partial charge in [0.1, 0.15) is 12.1 Å². The number of rotatable bonds is 4. The van der Waals surface area contributed by atoms with Crippen molar-refractivity contribution in [3.63, 3.8) is 0 Å². The standard InChI is InChI=1S/C21H21N3O3/c1-2-21(16-9-4-3-5-10-16)19(26)24(20(27)22-21)14-18(25)23-13-12-15-8-6-7-11-17(15)23/h3-11H,2,12-14H2,1H3,(H,22,27)/t21-/m1/s1. The molecule has 1 atom stereocenters. The number of nitrogens with zero attached hydrogens (tertiary/aromatic N) is 2. The van der Waals surface area contributed by atoms with E-state index in [1.807, 2.05) is 61.5 Å². The van der Waals surface area contributed by atoms with Crippen LogP contribution >= 0.6 is 0 Å². The molecule has 2 aliphatic heterocycles. The lowest BCUT2D eigenvalue weighted by Crippen LogP contribution is -2.45. The van der Waals surface area contributed by atoms with Gasteiger partial charge < -0.3 is 10.2 Å². The van der Waals surface area contributed by atoms with Crippen LogP contribution in [-0.2, 0) is 21.5 Å². The molecule has 0 radical (unpaired) electrons. The summed E-state index contributed by atoms with van der Waals surface area (Å²) >= 11 is 0. The number of imide groups is 1. The van der Waals surface area contributed by atoms with E-state index in [4.69, 9.17) is 0 Å². The first-order valence-electron chi connectivity index (χ1n) is 9.15. The lowest BCUT2D eigenvalue weighted by atomic mass is 9.87. The first-order valence-corrected chi connectivity index (χ1v) is 9.15. The molecule has 0 bridgehead atoms. The Morgan fingerprint density at radius 3 is 2.52 bits per heavy atom. The summed E-state index contributed by atoms with van der Waals surface area (Å²) in [5.41, 5.74) is 1.59. The molecule has 0 unspecified atom stereocenters. The zero-order chi connectivity index (χ0) is 19.0. The number of amides is 4. The molecule has 2 heterocycles. The minimum atomic E-state index is -1.11. The lowest BCUT2D eigenvalue weighted by molar-refractivity contribution is -0.134. The van der Waals surface area contributed by atoms with Crippen molar-refractivity contribution in [3.05, 3.63) is 65.7 Å². The third-order valence-corrected chi connectivity index (χ3v) is 5.45. The first-order chi connectivity index (χ1) is 13.1. The SMILES string of the molecule is CC[C@]1(c2ccccc2)NC(=O)N(CC(=O)N2CCc3ccccc32)C1=O. The Labute approximate surface area is 157 Å². The van der Waals surface area contributed by atoms with Gasteiger partial charge in [-0.3, -0.25) is 14.5 Å². The van der Waals surface area contributed by atoms with Crippen molar-refractivity contribution in [2.24, 2.45) is 0 Å². The van der Waals surface area contributed by atoms with Crippen LogP contribution in [0.2, 0.25) is 0 Å². The van der Waals surface area contributed by atoms with Crippen molar-refractivity contribution in [1.82, 2.24) is 10.2 Å². The summed E-state index contributed by atoms with van der Waals surface area (Å²) in [6, 6.07) is 16.4. The largest absolute Gasteiger partial charge is 0.325 e. The summed E-state index contributed by atoms with van der Waals surface area (Å²) in [6.45, 7) is 2.17. The number of para-hydroxylation sites is 1. The van der Waals surface area contributed by atoms with Crippen LogP contribution in [0.25, 0.3) is 0 Å². The molecule has 2 aromatic carbocycles. The maximum atomic E-state index is 13.1. The molecule has 0 saturated carbocycles. The first kappa shape index (κ1) is 17.3. The second-order valence-electron chi connectivity index (χ2n) is 6.87. The second kappa shape index (κ2) is 6.54. The maximum absolute atomic E-state index is 13.1. The van der Waals surface area contributed by atoms with Crippen molar-refractivity contribution in [2.45, 2.75) is 25.3 Å².